The molecule has 1 aliphatic carbocycles. The molecule has 288 valence electrons. The molecule has 0 bridgehead atoms. The zero-order valence-electron chi connectivity index (χ0n) is 32.2. The molecule has 9 rings (SSSR count). The highest BCUT2D eigenvalue weighted by Gasteiger charge is 2.39. The van der Waals surface area contributed by atoms with E-state index in [9.17, 15) is 14.4 Å². The van der Waals surface area contributed by atoms with E-state index >= 15 is 0 Å². The number of rotatable bonds is 7. The zero-order chi connectivity index (χ0) is 37.8. The Kier molecular flexibility index (Phi) is 9.84. The van der Waals surface area contributed by atoms with Crippen molar-refractivity contribution < 1.29 is 9.59 Å². The van der Waals surface area contributed by atoms with Crippen LogP contribution in [-0.4, -0.2) is 74.9 Å². The standard InChI is InChI=1S/C45H53ClN6O3/c1-45(2)36-18-13-33(27-39(36)51-38-6-3-5-37(46)42(38)43(55)47-44(45)51)32-21-25-50(26-22-32)35-16-9-29(10-17-35)28-49-23-19-31(20-24-49)30-11-14-34(15-12-30)48-52-40(53)7-4-8-41(52)54/h3,5-6,11-15,18,27,29,31-32,35,48H,4,7-10,16-17,19-26,28H2,1-2H3. The maximum absolute atomic E-state index is 13.1. The van der Waals surface area contributed by atoms with Gasteiger partial charge in [-0.2, -0.15) is 9.99 Å². The maximum atomic E-state index is 13.1. The van der Waals surface area contributed by atoms with Crippen LogP contribution >= 0.6 is 11.6 Å². The Morgan fingerprint density at radius 1 is 0.782 bits per heavy atom. The third-order valence-corrected chi connectivity index (χ3v) is 14.0. The largest absolute Gasteiger partial charge is 0.303 e. The second-order valence-electron chi connectivity index (χ2n) is 17.4. The van der Waals surface area contributed by atoms with Gasteiger partial charge in [0.05, 0.1) is 32.7 Å². The Balaban J connectivity index is 0.751. The minimum Gasteiger partial charge on any atom is -0.303 e. The van der Waals surface area contributed by atoms with Crippen molar-refractivity contribution in [3.8, 4) is 5.69 Å². The molecule has 0 atom stereocenters. The third-order valence-electron chi connectivity index (χ3n) is 13.7. The first-order valence-electron chi connectivity index (χ1n) is 20.7. The van der Waals surface area contributed by atoms with E-state index < -0.39 is 0 Å². The van der Waals surface area contributed by atoms with Crippen LogP contribution < -0.4 is 11.0 Å². The van der Waals surface area contributed by atoms with Gasteiger partial charge in [-0.1, -0.05) is 41.9 Å². The van der Waals surface area contributed by atoms with Crippen molar-refractivity contribution in [3.63, 3.8) is 0 Å². The van der Waals surface area contributed by atoms with Crippen molar-refractivity contribution in [3.05, 3.63) is 98.6 Å². The predicted molar refractivity (Wildman–Crippen MR) is 218 cm³/mol. The highest BCUT2D eigenvalue weighted by atomic mass is 35.5. The number of hydrogen-bond donors (Lipinski definition) is 1. The number of benzene rings is 3. The number of carbonyl (C=O) groups excluding carboxylic acids is 2. The summed E-state index contributed by atoms with van der Waals surface area (Å²) >= 11 is 6.52. The smallest absolute Gasteiger partial charge is 0.282 e. The van der Waals surface area contributed by atoms with Gasteiger partial charge >= 0.3 is 0 Å². The molecular weight excluding hydrogens is 708 g/mol. The zero-order valence-corrected chi connectivity index (χ0v) is 33.0. The Hall–Kier alpha value is -4.05. The average Bonchev–Trinajstić information content (AvgIpc) is 3.42. The minimum absolute atomic E-state index is 0.148. The molecule has 0 unspecified atom stereocenters. The molecule has 1 N–H and O–H groups in total. The molecule has 4 aliphatic heterocycles. The summed E-state index contributed by atoms with van der Waals surface area (Å²) in [4.78, 5) is 47.5. The average molecular weight is 761 g/mol. The highest BCUT2D eigenvalue weighted by molar-refractivity contribution is 6.35. The molecule has 55 heavy (non-hydrogen) atoms. The van der Waals surface area contributed by atoms with Crippen LogP contribution in [0.15, 0.2) is 65.5 Å². The van der Waals surface area contributed by atoms with Crippen LogP contribution in [0.1, 0.15) is 119 Å². The SMILES string of the molecule is CC1(C)c2ccc(C3CCN(C4CCC(CN5CCC(c6ccc(NN7C(=O)CCCC7=O)cc6)CC5)CC4)CC3)cc2-n2c1nc(=O)c1c(Cl)cccc12. The van der Waals surface area contributed by atoms with Gasteiger partial charge in [0, 0.05) is 25.4 Å². The van der Waals surface area contributed by atoms with E-state index in [0.29, 0.717) is 47.5 Å². The van der Waals surface area contributed by atoms with Gasteiger partial charge in [-0.3, -0.25) is 24.4 Å². The lowest BCUT2D eigenvalue weighted by atomic mass is 9.81. The first-order valence-corrected chi connectivity index (χ1v) is 21.1. The number of hydrogen-bond acceptors (Lipinski definition) is 7. The molecule has 0 spiro atoms. The number of fused-ring (bicyclic) bond motifs is 5. The van der Waals surface area contributed by atoms with Crippen molar-refractivity contribution in [2.45, 2.75) is 108 Å². The van der Waals surface area contributed by atoms with E-state index in [1.54, 1.807) is 6.07 Å². The van der Waals surface area contributed by atoms with E-state index in [0.717, 1.165) is 54.8 Å². The molecule has 5 heterocycles. The Labute approximate surface area is 329 Å². The number of amides is 2. The molecule has 1 aromatic heterocycles. The van der Waals surface area contributed by atoms with Gasteiger partial charge < -0.3 is 9.80 Å². The number of nitrogens with one attached hydrogen (secondary N) is 1. The van der Waals surface area contributed by atoms with Crippen molar-refractivity contribution >= 4 is 40.0 Å². The first kappa shape index (κ1) is 36.6. The number of hydrazine groups is 1. The quantitative estimate of drug-likeness (QED) is 0.190. The Bertz CT molecular complexity index is 2140. The van der Waals surface area contributed by atoms with Crippen LogP contribution in [0.3, 0.4) is 0 Å². The van der Waals surface area contributed by atoms with Crippen LogP contribution in [0.25, 0.3) is 16.6 Å². The molecule has 1 saturated carbocycles. The van der Waals surface area contributed by atoms with Crippen molar-refractivity contribution in [1.29, 1.82) is 0 Å². The Morgan fingerprint density at radius 2 is 1.44 bits per heavy atom. The van der Waals surface area contributed by atoms with Gasteiger partial charge in [-0.15, -0.1) is 0 Å². The number of carbonyl (C=O) groups is 2. The lowest BCUT2D eigenvalue weighted by Gasteiger charge is -2.42. The lowest BCUT2D eigenvalue weighted by molar-refractivity contribution is -0.146. The van der Waals surface area contributed by atoms with Gasteiger partial charge in [0.15, 0.2) is 0 Å². The number of likely N-dealkylation sites (tertiary alicyclic amines) is 2. The number of piperidine rings is 3. The summed E-state index contributed by atoms with van der Waals surface area (Å²) < 4.78 is 2.18. The summed E-state index contributed by atoms with van der Waals surface area (Å²) in [6.45, 7) is 10.2. The number of anilines is 1. The fourth-order valence-electron chi connectivity index (χ4n) is 10.5. The fraction of sp³-hybridized carbons (Fsp3) is 0.511. The van der Waals surface area contributed by atoms with Gasteiger partial charge in [-0.25, -0.2) is 0 Å². The van der Waals surface area contributed by atoms with Crippen molar-refractivity contribution in [1.82, 2.24) is 24.4 Å². The normalized spacial score (nSPS) is 23.9. The van der Waals surface area contributed by atoms with Gasteiger partial charge in [0.1, 0.15) is 5.82 Å². The summed E-state index contributed by atoms with van der Waals surface area (Å²) in [5, 5.41) is 2.14. The number of nitrogens with zero attached hydrogens (tertiary/aromatic N) is 5. The van der Waals surface area contributed by atoms with Crippen molar-refractivity contribution in [2.24, 2.45) is 5.92 Å². The van der Waals surface area contributed by atoms with Crippen LogP contribution in [-0.2, 0) is 15.0 Å². The summed E-state index contributed by atoms with van der Waals surface area (Å²) in [5.74, 6) is 2.38. The fourth-order valence-corrected chi connectivity index (χ4v) is 10.7. The molecule has 0 radical (unpaired) electrons. The third kappa shape index (κ3) is 6.91. The molecule has 9 nitrogen and oxygen atoms in total. The second kappa shape index (κ2) is 14.8. The summed E-state index contributed by atoms with van der Waals surface area (Å²) in [7, 11) is 0. The van der Waals surface area contributed by atoms with Crippen molar-refractivity contribution in [2.75, 3.05) is 38.1 Å². The Morgan fingerprint density at radius 3 is 2.15 bits per heavy atom. The summed E-state index contributed by atoms with van der Waals surface area (Å²) in [5.41, 5.74) is 9.12. The number of halogens is 1. The van der Waals surface area contributed by atoms with Crippen LogP contribution in [0.2, 0.25) is 5.02 Å². The van der Waals surface area contributed by atoms with Crippen LogP contribution in [0, 0.1) is 5.92 Å². The molecular formula is C45H53ClN6O3. The first-order chi connectivity index (χ1) is 26.6. The van der Waals surface area contributed by atoms with Crippen LogP contribution in [0.4, 0.5) is 5.69 Å². The topological polar surface area (TPSA) is 90.8 Å². The highest BCUT2D eigenvalue weighted by Crippen LogP contribution is 2.45. The second-order valence-corrected chi connectivity index (χ2v) is 17.8. The predicted octanol–water partition coefficient (Wildman–Crippen LogP) is 8.16. The molecule has 4 aromatic rings. The van der Waals surface area contributed by atoms with Gasteiger partial charge in [-0.05, 0) is 163 Å². The van der Waals surface area contributed by atoms with Crippen LogP contribution in [0.5, 0.6) is 0 Å². The minimum atomic E-state index is -0.365. The molecule has 4 fully saturated rings. The van der Waals surface area contributed by atoms with E-state index in [-0.39, 0.29) is 22.8 Å². The molecule has 2 amide bonds. The molecule has 3 aromatic carbocycles. The van der Waals surface area contributed by atoms with E-state index in [1.165, 1.54) is 79.6 Å². The molecule has 3 saturated heterocycles. The lowest BCUT2D eigenvalue weighted by Crippen LogP contribution is -2.44. The van der Waals surface area contributed by atoms with Gasteiger partial charge in [0.25, 0.3) is 5.56 Å². The maximum Gasteiger partial charge on any atom is 0.282 e. The number of imide groups is 1. The molecule has 5 aliphatic rings. The summed E-state index contributed by atoms with van der Waals surface area (Å²) in [6, 6.07) is 21.7. The molecule has 10 heteroatoms. The van der Waals surface area contributed by atoms with E-state index in [4.69, 9.17) is 11.6 Å². The number of aromatic nitrogens is 2. The monoisotopic (exact) mass is 760 g/mol. The summed E-state index contributed by atoms with van der Waals surface area (Å²) in [6.07, 6.45) is 11.5. The van der Waals surface area contributed by atoms with Gasteiger partial charge in [0.2, 0.25) is 11.8 Å². The van der Waals surface area contributed by atoms with E-state index in [1.807, 2.05) is 24.3 Å². The van der Waals surface area contributed by atoms with E-state index in [2.05, 4.69) is 69.0 Å².